The third-order valence-electron chi connectivity index (χ3n) is 13.6. The van der Waals surface area contributed by atoms with Gasteiger partial charge < -0.3 is 14.2 Å². The summed E-state index contributed by atoms with van der Waals surface area (Å²) in [5, 5.41) is 0. The second-order valence-electron chi connectivity index (χ2n) is 21.3. The molecule has 0 aliphatic rings. The van der Waals surface area contributed by atoms with Crippen LogP contribution in [0.4, 0.5) is 0 Å². The first kappa shape index (κ1) is 75.3. The fraction of sp³-hybridized carbons (Fsp3) is 0.635. The predicted molar refractivity (Wildman–Crippen MR) is 348 cm³/mol. The molecule has 0 radical (unpaired) electrons. The number of allylic oxidation sites excluding steroid dienone is 24. The summed E-state index contributed by atoms with van der Waals surface area (Å²) in [6, 6.07) is 0. The molecule has 80 heavy (non-hydrogen) atoms. The normalized spacial score (nSPS) is 13.1. The van der Waals surface area contributed by atoms with Crippen molar-refractivity contribution in [3.63, 3.8) is 0 Å². The molecular weight excluding hydrogens is 985 g/mol. The largest absolute Gasteiger partial charge is 0.462 e. The smallest absolute Gasteiger partial charge is 0.306 e. The lowest BCUT2D eigenvalue weighted by Gasteiger charge is -2.18. The number of carbonyl (C=O) groups excluding carboxylic acids is 3. The van der Waals surface area contributed by atoms with Gasteiger partial charge in [0.15, 0.2) is 6.10 Å². The van der Waals surface area contributed by atoms with Gasteiger partial charge in [-0.15, -0.1) is 0 Å². The highest BCUT2D eigenvalue weighted by Crippen LogP contribution is 2.15. The van der Waals surface area contributed by atoms with Crippen molar-refractivity contribution in [2.45, 2.75) is 290 Å². The van der Waals surface area contributed by atoms with Gasteiger partial charge in [0.25, 0.3) is 0 Å². The summed E-state index contributed by atoms with van der Waals surface area (Å²) >= 11 is 0. The van der Waals surface area contributed by atoms with E-state index >= 15 is 0 Å². The fourth-order valence-electron chi connectivity index (χ4n) is 8.70. The molecule has 0 saturated carbocycles. The van der Waals surface area contributed by atoms with Crippen LogP contribution in [0.3, 0.4) is 0 Å². The van der Waals surface area contributed by atoms with Crippen molar-refractivity contribution in [2.24, 2.45) is 0 Å². The Balaban J connectivity index is 4.43. The lowest BCUT2D eigenvalue weighted by molar-refractivity contribution is -0.167. The molecule has 6 heteroatoms. The maximum absolute atomic E-state index is 12.9. The molecule has 0 rings (SSSR count). The molecule has 6 nitrogen and oxygen atoms in total. The Labute approximate surface area is 493 Å². The van der Waals surface area contributed by atoms with Crippen LogP contribution in [0, 0.1) is 0 Å². The van der Waals surface area contributed by atoms with Gasteiger partial charge in [0, 0.05) is 19.3 Å². The summed E-state index contributed by atoms with van der Waals surface area (Å²) in [5.41, 5.74) is 0. The number of hydrogen-bond acceptors (Lipinski definition) is 6. The van der Waals surface area contributed by atoms with Crippen molar-refractivity contribution in [3.8, 4) is 0 Å². The summed E-state index contributed by atoms with van der Waals surface area (Å²) in [6.07, 6.45) is 95.6. The summed E-state index contributed by atoms with van der Waals surface area (Å²) in [5.74, 6) is -0.950. The average Bonchev–Trinajstić information content (AvgIpc) is 3.46. The molecule has 0 aromatic rings. The number of ether oxygens (including phenoxy) is 3. The first-order chi connectivity index (χ1) is 39.5. The Hall–Kier alpha value is -4.71. The molecule has 0 N–H and O–H groups in total. The number of esters is 3. The van der Waals surface area contributed by atoms with Gasteiger partial charge in [-0.2, -0.15) is 0 Å². The molecule has 0 aromatic carbocycles. The van der Waals surface area contributed by atoms with E-state index in [-0.39, 0.29) is 37.5 Å². The summed E-state index contributed by atoms with van der Waals surface area (Å²) in [6.45, 7) is 6.36. The predicted octanol–water partition coefficient (Wildman–Crippen LogP) is 22.7. The van der Waals surface area contributed by atoms with Crippen molar-refractivity contribution in [3.05, 3.63) is 146 Å². The van der Waals surface area contributed by atoms with Crippen LogP contribution in [-0.4, -0.2) is 37.2 Å². The minimum absolute atomic E-state index is 0.102. The van der Waals surface area contributed by atoms with E-state index in [1.807, 2.05) is 0 Å². The molecule has 0 spiro atoms. The second kappa shape index (κ2) is 66.8. The van der Waals surface area contributed by atoms with Gasteiger partial charge in [0.1, 0.15) is 13.2 Å². The molecule has 0 saturated heterocycles. The highest BCUT2D eigenvalue weighted by atomic mass is 16.6. The van der Waals surface area contributed by atoms with Crippen LogP contribution >= 0.6 is 0 Å². The standard InChI is InChI=1S/C74H120O6/c1-4-7-10-13-16-19-22-25-28-31-33-34-35-36-37-38-39-40-42-43-46-49-52-55-58-61-64-67-73(76)79-70-71(69-78-72(75)66-63-60-57-54-51-48-45-30-27-24-21-18-15-12-9-6-3)80-74(77)68-65-62-59-56-53-50-47-44-41-32-29-26-23-20-17-14-11-8-5-2/h7-8,10-11,16-17,19-21,24-26,28-30,33-34,36-37,41,44-45,50,53,71H,4-6,9,12-15,18,22-23,27,31-32,35,38-40,42-43,46-49,51-52,54-70H2,1-3H3/b10-7-,11-8-,19-16-,20-17-,24-21-,28-25-,29-26-,34-33-,37-36-,44-41-,45-30-,53-50-. The van der Waals surface area contributed by atoms with Gasteiger partial charge in [-0.3, -0.25) is 14.4 Å². The minimum Gasteiger partial charge on any atom is -0.462 e. The van der Waals surface area contributed by atoms with Crippen molar-refractivity contribution in [2.75, 3.05) is 13.2 Å². The molecule has 452 valence electrons. The van der Waals surface area contributed by atoms with E-state index in [1.54, 1.807) is 0 Å². The van der Waals surface area contributed by atoms with Crippen molar-refractivity contribution >= 4 is 17.9 Å². The van der Waals surface area contributed by atoms with Gasteiger partial charge in [-0.1, -0.05) is 269 Å². The average molecular weight is 1110 g/mol. The molecule has 0 fully saturated rings. The number of carbonyl (C=O) groups is 3. The van der Waals surface area contributed by atoms with Gasteiger partial charge in [0.05, 0.1) is 0 Å². The van der Waals surface area contributed by atoms with E-state index in [9.17, 15) is 14.4 Å². The van der Waals surface area contributed by atoms with Crippen LogP contribution in [0.1, 0.15) is 284 Å². The third kappa shape index (κ3) is 64.1. The SMILES string of the molecule is CC/C=C\C/C=C\C/C=C\C/C=C\C/C=C\CCCCCCCCCCCCCC(=O)OCC(COC(=O)CCCCCCC/C=C\C/C=C\CCCCCC)OC(=O)CCCCC/C=C\C/C=C\C/C=C\C/C=C\C/C=C\CC. The van der Waals surface area contributed by atoms with E-state index in [2.05, 4.69) is 167 Å². The fourth-order valence-corrected chi connectivity index (χ4v) is 8.70. The molecule has 0 aliphatic carbocycles. The Bertz CT molecular complexity index is 1750. The first-order valence-electron chi connectivity index (χ1n) is 32.8. The highest BCUT2D eigenvalue weighted by Gasteiger charge is 2.19. The summed E-state index contributed by atoms with van der Waals surface area (Å²) < 4.78 is 16.9. The van der Waals surface area contributed by atoms with E-state index in [4.69, 9.17) is 14.2 Å². The number of rotatable bonds is 58. The van der Waals surface area contributed by atoms with Crippen LogP contribution in [0.2, 0.25) is 0 Å². The Morgan fingerprint density at radius 3 is 0.775 bits per heavy atom. The van der Waals surface area contributed by atoms with Crippen molar-refractivity contribution < 1.29 is 28.6 Å². The Kier molecular flexibility index (Phi) is 62.9. The van der Waals surface area contributed by atoms with E-state index in [0.29, 0.717) is 12.8 Å². The van der Waals surface area contributed by atoms with Crippen LogP contribution in [-0.2, 0) is 28.6 Å². The zero-order valence-corrected chi connectivity index (χ0v) is 51.8. The molecule has 0 aliphatic heterocycles. The maximum Gasteiger partial charge on any atom is 0.306 e. The Morgan fingerprint density at radius 1 is 0.263 bits per heavy atom. The minimum atomic E-state index is -0.810. The maximum atomic E-state index is 12.9. The lowest BCUT2D eigenvalue weighted by atomic mass is 10.0. The molecule has 0 amide bonds. The van der Waals surface area contributed by atoms with Crippen molar-refractivity contribution in [1.82, 2.24) is 0 Å². The molecule has 0 bridgehead atoms. The number of hydrogen-bond donors (Lipinski definition) is 0. The molecule has 0 heterocycles. The quantitative estimate of drug-likeness (QED) is 0.0261. The molecule has 1 atom stereocenters. The third-order valence-corrected chi connectivity index (χ3v) is 13.6. The summed E-state index contributed by atoms with van der Waals surface area (Å²) in [4.78, 5) is 38.4. The molecular formula is C74H120O6. The van der Waals surface area contributed by atoms with Gasteiger partial charge in [-0.25, -0.2) is 0 Å². The molecule has 0 aromatic heterocycles. The van der Waals surface area contributed by atoms with E-state index < -0.39 is 6.10 Å². The summed E-state index contributed by atoms with van der Waals surface area (Å²) in [7, 11) is 0. The van der Waals surface area contributed by atoms with Gasteiger partial charge in [-0.05, 0) is 141 Å². The highest BCUT2D eigenvalue weighted by molar-refractivity contribution is 5.71. The topological polar surface area (TPSA) is 78.9 Å². The van der Waals surface area contributed by atoms with Crippen LogP contribution in [0.15, 0.2) is 146 Å². The zero-order valence-electron chi connectivity index (χ0n) is 51.8. The van der Waals surface area contributed by atoms with Crippen molar-refractivity contribution in [1.29, 1.82) is 0 Å². The monoisotopic (exact) mass is 1100 g/mol. The van der Waals surface area contributed by atoms with E-state index in [1.165, 1.54) is 89.9 Å². The first-order valence-corrected chi connectivity index (χ1v) is 32.8. The van der Waals surface area contributed by atoms with Crippen LogP contribution < -0.4 is 0 Å². The van der Waals surface area contributed by atoms with Gasteiger partial charge in [0.2, 0.25) is 0 Å². The second-order valence-corrected chi connectivity index (χ2v) is 21.3. The lowest BCUT2D eigenvalue weighted by Crippen LogP contribution is -2.30. The van der Waals surface area contributed by atoms with E-state index in [0.717, 1.165) is 154 Å². The number of unbranched alkanes of at least 4 members (excludes halogenated alkanes) is 23. The Morgan fingerprint density at radius 2 is 0.487 bits per heavy atom. The van der Waals surface area contributed by atoms with Crippen LogP contribution in [0.5, 0.6) is 0 Å². The molecule has 1 unspecified atom stereocenters. The van der Waals surface area contributed by atoms with Gasteiger partial charge >= 0.3 is 17.9 Å². The zero-order chi connectivity index (χ0) is 57.8. The van der Waals surface area contributed by atoms with Crippen LogP contribution in [0.25, 0.3) is 0 Å².